The maximum atomic E-state index is 12.9. The van der Waals surface area contributed by atoms with Crippen molar-refractivity contribution in [2.24, 2.45) is 0 Å². The second-order valence-electron chi connectivity index (χ2n) is 7.02. The van der Waals surface area contributed by atoms with E-state index in [1.165, 1.54) is 22.9 Å². The first-order valence-electron chi connectivity index (χ1n) is 9.55. The number of carbonyl (C=O) groups is 1. The Hall–Kier alpha value is -4.49. The van der Waals surface area contributed by atoms with Crippen LogP contribution in [0.2, 0.25) is 0 Å². The van der Waals surface area contributed by atoms with Crippen molar-refractivity contribution in [2.45, 2.75) is 26.1 Å². The van der Waals surface area contributed by atoms with E-state index in [1.54, 1.807) is 6.92 Å². The molecule has 2 aromatic carbocycles. The van der Waals surface area contributed by atoms with E-state index in [4.69, 9.17) is 4.74 Å². The molecule has 14 heteroatoms. The van der Waals surface area contributed by atoms with Crippen LogP contribution in [0.25, 0.3) is 0 Å². The van der Waals surface area contributed by atoms with Gasteiger partial charge in [0, 0.05) is 18.6 Å². The van der Waals surface area contributed by atoms with Gasteiger partial charge in [0.2, 0.25) is 5.91 Å². The van der Waals surface area contributed by atoms with E-state index in [2.05, 4.69) is 10.4 Å². The Kier molecular flexibility index (Phi) is 6.79. The first-order chi connectivity index (χ1) is 15.9. The summed E-state index contributed by atoms with van der Waals surface area (Å²) in [7, 11) is 0. The number of nitro benzene ring substituents is 1. The lowest BCUT2D eigenvalue weighted by molar-refractivity contribution is -0.389. The Morgan fingerprint density at radius 2 is 1.82 bits per heavy atom. The van der Waals surface area contributed by atoms with E-state index in [0.29, 0.717) is 5.69 Å². The van der Waals surface area contributed by atoms with Gasteiger partial charge in [-0.05, 0) is 30.0 Å². The molecule has 1 heterocycles. The van der Waals surface area contributed by atoms with E-state index < -0.39 is 33.2 Å². The number of carbonyl (C=O) groups excluding carboxylic acids is 1. The van der Waals surface area contributed by atoms with Gasteiger partial charge in [0.05, 0.1) is 45.6 Å². The highest BCUT2D eigenvalue weighted by molar-refractivity contribution is 5.91. The molecule has 0 radical (unpaired) electrons. The quantitative estimate of drug-likeness (QED) is 0.359. The SMILES string of the molecule is Cc1cc([N+](=O)[O-])nn1CCC(=O)Nc1cc(Oc2cccc(C(F)(F)F)c2)cc([N+](=O)[O-])c1. The molecule has 0 fully saturated rings. The number of nitrogens with zero attached hydrogens (tertiary/aromatic N) is 4. The molecule has 1 aromatic heterocycles. The number of hydrogen-bond acceptors (Lipinski definition) is 7. The number of anilines is 1. The smallest absolute Gasteiger partial charge is 0.416 e. The van der Waals surface area contributed by atoms with Crippen molar-refractivity contribution in [1.29, 1.82) is 0 Å². The molecule has 0 unspecified atom stereocenters. The fraction of sp³-hybridized carbons (Fsp3) is 0.200. The minimum absolute atomic E-state index is 0.00796. The van der Waals surface area contributed by atoms with Crippen molar-refractivity contribution in [1.82, 2.24) is 9.78 Å². The average molecular weight is 479 g/mol. The topological polar surface area (TPSA) is 142 Å². The summed E-state index contributed by atoms with van der Waals surface area (Å²) in [6.45, 7) is 1.59. The predicted molar refractivity (Wildman–Crippen MR) is 111 cm³/mol. The van der Waals surface area contributed by atoms with Crippen molar-refractivity contribution in [3.05, 3.63) is 80.0 Å². The number of non-ortho nitro benzene ring substituents is 1. The summed E-state index contributed by atoms with van der Waals surface area (Å²) in [6, 6.07) is 8.48. The van der Waals surface area contributed by atoms with Gasteiger partial charge < -0.3 is 20.2 Å². The highest BCUT2D eigenvalue weighted by Gasteiger charge is 2.30. The molecule has 0 saturated carbocycles. The van der Waals surface area contributed by atoms with Gasteiger partial charge in [-0.3, -0.25) is 14.9 Å². The van der Waals surface area contributed by atoms with Crippen molar-refractivity contribution < 1.29 is 32.5 Å². The maximum Gasteiger partial charge on any atom is 0.416 e. The van der Waals surface area contributed by atoms with E-state index in [0.717, 1.165) is 30.3 Å². The summed E-state index contributed by atoms with van der Waals surface area (Å²) in [4.78, 5) is 33.0. The lowest BCUT2D eigenvalue weighted by Crippen LogP contribution is -2.15. The number of ether oxygens (including phenoxy) is 1. The number of rotatable bonds is 8. The van der Waals surface area contributed by atoms with Crippen molar-refractivity contribution in [3.63, 3.8) is 0 Å². The molecule has 3 aromatic rings. The van der Waals surface area contributed by atoms with Gasteiger partial charge in [-0.1, -0.05) is 6.07 Å². The fourth-order valence-electron chi connectivity index (χ4n) is 2.93. The Bertz CT molecular complexity index is 1260. The van der Waals surface area contributed by atoms with E-state index >= 15 is 0 Å². The van der Waals surface area contributed by atoms with Gasteiger partial charge in [0.25, 0.3) is 5.69 Å². The van der Waals surface area contributed by atoms with Gasteiger partial charge in [-0.25, -0.2) is 0 Å². The summed E-state index contributed by atoms with van der Waals surface area (Å²) in [5.74, 6) is -1.32. The summed E-state index contributed by atoms with van der Waals surface area (Å²) in [5, 5.41) is 28.2. The maximum absolute atomic E-state index is 12.9. The first-order valence-corrected chi connectivity index (χ1v) is 9.55. The number of amides is 1. The van der Waals surface area contributed by atoms with Crippen LogP contribution in [0.15, 0.2) is 48.5 Å². The summed E-state index contributed by atoms with van der Waals surface area (Å²) in [6.07, 6.45) is -4.76. The van der Waals surface area contributed by atoms with Crippen LogP contribution >= 0.6 is 0 Å². The zero-order chi connectivity index (χ0) is 25.0. The molecule has 34 heavy (non-hydrogen) atoms. The molecule has 0 aliphatic carbocycles. The van der Waals surface area contributed by atoms with Crippen LogP contribution in [-0.2, 0) is 17.5 Å². The van der Waals surface area contributed by atoms with Crippen LogP contribution < -0.4 is 10.1 Å². The van der Waals surface area contributed by atoms with Crippen LogP contribution in [0.4, 0.5) is 30.4 Å². The molecule has 11 nitrogen and oxygen atoms in total. The number of benzene rings is 2. The Labute approximate surface area is 189 Å². The van der Waals surface area contributed by atoms with Gasteiger partial charge in [-0.15, -0.1) is 0 Å². The molecule has 0 atom stereocenters. The number of hydrogen-bond donors (Lipinski definition) is 1. The summed E-state index contributed by atoms with van der Waals surface area (Å²) < 4.78 is 45.4. The third kappa shape index (κ3) is 6.05. The average Bonchev–Trinajstić information content (AvgIpc) is 3.12. The normalized spacial score (nSPS) is 11.2. The number of aromatic nitrogens is 2. The van der Waals surface area contributed by atoms with E-state index in [9.17, 15) is 38.2 Å². The number of aryl methyl sites for hydroxylation is 2. The van der Waals surface area contributed by atoms with E-state index in [-0.39, 0.29) is 36.0 Å². The van der Waals surface area contributed by atoms with Crippen molar-refractivity contribution in [2.75, 3.05) is 5.32 Å². The Balaban J connectivity index is 1.75. The number of nitrogens with one attached hydrogen (secondary N) is 1. The molecule has 3 rings (SSSR count). The lowest BCUT2D eigenvalue weighted by atomic mass is 10.2. The fourth-order valence-corrected chi connectivity index (χ4v) is 2.93. The monoisotopic (exact) mass is 479 g/mol. The van der Waals surface area contributed by atoms with Crippen LogP contribution in [0, 0.1) is 27.2 Å². The largest absolute Gasteiger partial charge is 0.457 e. The van der Waals surface area contributed by atoms with Crippen molar-refractivity contribution >= 4 is 23.1 Å². The summed E-state index contributed by atoms with van der Waals surface area (Å²) >= 11 is 0. The minimum Gasteiger partial charge on any atom is -0.457 e. The molecule has 0 spiro atoms. The zero-order valence-electron chi connectivity index (χ0n) is 17.4. The standard InChI is InChI=1S/C20H16F3N5O6/c1-12-7-18(28(32)33)25-26(12)6-5-19(29)24-14-9-15(27(30)31)11-17(10-14)34-16-4-2-3-13(8-16)20(21,22)23/h2-4,7-11H,5-6H2,1H3,(H,24,29). The second kappa shape index (κ2) is 9.56. The second-order valence-corrected chi connectivity index (χ2v) is 7.02. The Morgan fingerprint density at radius 3 is 2.44 bits per heavy atom. The Morgan fingerprint density at radius 1 is 1.09 bits per heavy atom. The van der Waals surface area contributed by atoms with E-state index in [1.807, 2.05) is 0 Å². The highest BCUT2D eigenvalue weighted by Crippen LogP contribution is 2.34. The summed E-state index contributed by atoms with van der Waals surface area (Å²) in [5.41, 5.74) is -0.979. The lowest BCUT2D eigenvalue weighted by Gasteiger charge is -2.11. The van der Waals surface area contributed by atoms with Crippen LogP contribution in [0.3, 0.4) is 0 Å². The predicted octanol–water partition coefficient (Wildman–Crippen LogP) is 4.85. The number of alkyl halides is 3. The van der Waals surface area contributed by atoms with Crippen LogP contribution in [0.1, 0.15) is 17.7 Å². The van der Waals surface area contributed by atoms with Gasteiger partial charge in [-0.2, -0.15) is 17.9 Å². The molecule has 0 aliphatic rings. The highest BCUT2D eigenvalue weighted by atomic mass is 19.4. The van der Waals surface area contributed by atoms with Gasteiger partial charge in [0.15, 0.2) is 0 Å². The molecule has 1 N–H and O–H groups in total. The third-order valence-electron chi connectivity index (χ3n) is 4.49. The van der Waals surface area contributed by atoms with Gasteiger partial charge in [0.1, 0.15) is 11.5 Å². The molecule has 1 amide bonds. The molecule has 0 saturated heterocycles. The molecule has 178 valence electrons. The molecular weight excluding hydrogens is 463 g/mol. The number of halogens is 3. The van der Waals surface area contributed by atoms with Crippen LogP contribution in [0.5, 0.6) is 11.5 Å². The third-order valence-corrected chi connectivity index (χ3v) is 4.49. The minimum atomic E-state index is -4.60. The van der Waals surface area contributed by atoms with Crippen molar-refractivity contribution in [3.8, 4) is 11.5 Å². The number of nitro groups is 2. The molecular formula is C20H16F3N5O6. The van der Waals surface area contributed by atoms with Gasteiger partial charge >= 0.3 is 12.0 Å². The zero-order valence-corrected chi connectivity index (χ0v) is 17.4. The first kappa shape index (κ1) is 24.2. The molecule has 0 aliphatic heterocycles. The molecule has 0 bridgehead atoms. The van der Waals surface area contributed by atoms with Crippen LogP contribution in [-0.4, -0.2) is 25.5 Å².